The number of nitrogens with one attached hydrogen (secondary N) is 2. The van der Waals surface area contributed by atoms with Gasteiger partial charge in [0, 0.05) is 37.3 Å². The van der Waals surface area contributed by atoms with Crippen molar-refractivity contribution in [1.82, 2.24) is 25.4 Å². The SMILES string of the molecule is CCC1CN(CCNC(=O)Cc2nc(-c3ccccc3)n[nH]2)Cc2cc(OC)ccc2O1. The zero-order valence-electron chi connectivity index (χ0n) is 18.5. The average Bonchev–Trinajstić information content (AvgIpc) is 3.20. The van der Waals surface area contributed by atoms with E-state index in [1.54, 1.807) is 7.11 Å². The molecule has 1 aliphatic rings. The zero-order valence-corrected chi connectivity index (χ0v) is 18.5. The van der Waals surface area contributed by atoms with E-state index in [1.165, 1.54) is 0 Å². The lowest BCUT2D eigenvalue weighted by Crippen LogP contribution is -2.38. The molecule has 1 atom stereocenters. The number of rotatable bonds is 8. The van der Waals surface area contributed by atoms with Gasteiger partial charge in [0.15, 0.2) is 5.82 Å². The van der Waals surface area contributed by atoms with Crippen LogP contribution < -0.4 is 14.8 Å². The number of ether oxygens (including phenoxy) is 2. The van der Waals surface area contributed by atoms with Crippen LogP contribution in [0.5, 0.6) is 11.5 Å². The van der Waals surface area contributed by atoms with Gasteiger partial charge in [0.05, 0.1) is 13.5 Å². The van der Waals surface area contributed by atoms with Crippen LogP contribution in [0.4, 0.5) is 0 Å². The fourth-order valence-electron chi connectivity index (χ4n) is 3.77. The average molecular weight is 436 g/mol. The molecule has 2 aromatic carbocycles. The smallest absolute Gasteiger partial charge is 0.227 e. The largest absolute Gasteiger partial charge is 0.497 e. The van der Waals surface area contributed by atoms with Crippen LogP contribution >= 0.6 is 0 Å². The van der Waals surface area contributed by atoms with Crippen molar-refractivity contribution in [3.8, 4) is 22.9 Å². The third-order valence-corrected chi connectivity index (χ3v) is 5.51. The van der Waals surface area contributed by atoms with Gasteiger partial charge < -0.3 is 14.8 Å². The number of nitrogens with zero attached hydrogens (tertiary/aromatic N) is 3. The fraction of sp³-hybridized carbons (Fsp3) is 0.375. The Morgan fingerprint density at radius 2 is 2.12 bits per heavy atom. The highest BCUT2D eigenvalue weighted by Gasteiger charge is 2.22. The van der Waals surface area contributed by atoms with E-state index in [4.69, 9.17) is 9.47 Å². The number of amides is 1. The van der Waals surface area contributed by atoms with Crippen molar-refractivity contribution in [2.45, 2.75) is 32.4 Å². The van der Waals surface area contributed by atoms with E-state index in [0.29, 0.717) is 18.2 Å². The third-order valence-electron chi connectivity index (χ3n) is 5.51. The second kappa shape index (κ2) is 10.3. The van der Waals surface area contributed by atoms with Crippen molar-refractivity contribution in [3.63, 3.8) is 0 Å². The minimum Gasteiger partial charge on any atom is -0.497 e. The van der Waals surface area contributed by atoms with E-state index in [-0.39, 0.29) is 18.4 Å². The summed E-state index contributed by atoms with van der Waals surface area (Å²) < 4.78 is 11.5. The van der Waals surface area contributed by atoms with Crippen molar-refractivity contribution in [3.05, 3.63) is 59.9 Å². The van der Waals surface area contributed by atoms with Crippen molar-refractivity contribution >= 4 is 5.91 Å². The summed E-state index contributed by atoms with van der Waals surface area (Å²) in [6, 6.07) is 15.6. The first-order valence-electron chi connectivity index (χ1n) is 10.9. The van der Waals surface area contributed by atoms with Crippen molar-refractivity contribution < 1.29 is 14.3 Å². The molecule has 0 radical (unpaired) electrons. The van der Waals surface area contributed by atoms with Crippen LogP contribution in [0.1, 0.15) is 24.7 Å². The molecule has 0 aliphatic carbocycles. The van der Waals surface area contributed by atoms with Gasteiger partial charge in [-0.15, -0.1) is 0 Å². The van der Waals surface area contributed by atoms with Gasteiger partial charge in [-0.05, 0) is 24.6 Å². The van der Waals surface area contributed by atoms with Gasteiger partial charge in [-0.3, -0.25) is 14.8 Å². The molecule has 32 heavy (non-hydrogen) atoms. The Bertz CT molecular complexity index is 1040. The van der Waals surface area contributed by atoms with Crippen molar-refractivity contribution in [2.24, 2.45) is 0 Å². The summed E-state index contributed by atoms with van der Waals surface area (Å²) in [6.45, 7) is 4.97. The first-order chi connectivity index (χ1) is 15.6. The lowest BCUT2D eigenvalue weighted by Gasteiger charge is -2.23. The molecule has 8 nitrogen and oxygen atoms in total. The Kier molecular flexibility index (Phi) is 7.01. The standard InChI is InChI=1S/C24H29N5O3/c1-3-19-16-29(15-18-13-20(31-2)9-10-21(18)32-19)12-11-25-23(30)14-22-26-24(28-27-22)17-7-5-4-6-8-17/h4-10,13,19H,3,11-12,14-16H2,1-2H3,(H,25,30)(H,26,27,28). The Labute approximate surface area is 188 Å². The molecule has 0 bridgehead atoms. The summed E-state index contributed by atoms with van der Waals surface area (Å²) in [7, 11) is 1.67. The topological polar surface area (TPSA) is 92.4 Å². The first kappa shape index (κ1) is 21.8. The molecule has 3 aromatic rings. The number of hydrogen-bond acceptors (Lipinski definition) is 6. The second-order valence-corrected chi connectivity index (χ2v) is 7.86. The summed E-state index contributed by atoms with van der Waals surface area (Å²) in [4.78, 5) is 19.1. The molecule has 1 aromatic heterocycles. The van der Waals surface area contributed by atoms with E-state index in [1.807, 2.05) is 48.5 Å². The van der Waals surface area contributed by atoms with Crippen LogP contribution in [-0.4, -0.2) is 58.8 Å². The van der Waals surface area contributed by atoms with Gasteiger partial charge in [0.1, 0.15) is 23.4 Å². The van der Waals surface area contributed by atoms with E-state index < -0.39 is 0 Å². The van der Waals surface area contributed by atoms with Crippen LogP contribution in [0.25, 0.3) is 11.4 Å². The molecule has 4 rings (SSSR count). The summed E-state index contributed by atoms with van der Waals surface area (Å²) in [5.41, 5.74) is 2.02. The molecule has 1 amide bonds. The molecule has 2 heterocycles. The maximum absolute atomic E-state index is 12.4. The van der Waals surface area contributed by atoms with Gasteiger partial charge in [0.2, 0.25) is 5.91 Å². The summed E-state index contributed by atoms with van der Waals surface area (Å²) in [6.07, 6.45) is 1.20. The number of carbonyl (C=O) groups excluding carboxylic acids is 1. The highest BCUT2D eigenvalue weighted by Crippen LogP contribution is 2.29. The highest BCUT2D eigenvalue weighted by molar-refractivity contribution is 5.77. The number of fused-ring (bicyclic) bond motifs is 1. The summed E-state index contributed by atoms with van der Waals surface area (Å²) >= 11 is 0. The molecular weight excluding hydrogens is 406 g/mol. The molecule has 8 heteroatoms. The first-order valence-corrected chi connectivity index (χ1v) is 10.9. The number of aromatic nitrogens is 3. The van der Waals surface area contributed by atoms with Gasteiger partial charge >= 0.3 is 0 Å². The molecule has 0 saturated carbocycles. The minimum atomic E-state index is -0.0825. The number of hydrogen-bond donors (Lipinski definition) is 2. The third kappa shape index (κ3) is 5.45. The number of carbonyl (C=O) groups is 1. The summed E-state index contributed by atoms with van der Waals surface area (Å²) in [5, 5.41) is 10.1. The molecule has 1 aliphatic heterocycles. The quantitative estimate of drug-likeness (QED) is 0.565. The van der Waals surface area contributed by atoms with Gasteiger partial charge in [-0.25, -0.2) is 4.98 Å². The fourth-order valence-corrected chi connectivity index (χ4v) is 3.77. The maximum atomic E-state index is 12.4. The molecule has 0 saturated heterocycles. The lowest BCUT2D eigenvalue weighted by atomic mass is 10.2. The molecule has 1 unspecified atom stereocenters. The Morgan fingerprint density at radius 3 is 2.91 bits per heavy atom. The molecule has 2 N–H and O–H groups in total. The van der Waals surface area contributed by atoms with E-state index >= 15 is 0 Å². The van der Waals surface area contributed by atoms with Crippen molar-refractivity contribution in [1.29, 1.82) is 0 Å². The predicted octanol–water partition coefficient (Wildman–Crippen LogP) is 2.81. The lowest BCUT2D eigenvalue weighted by molar-refractivity contribution is -0.120. The normalized spacial score (nSPS) is 16.0. The Morgan fingerprint density at radius 1 is 1.28 bits per heavy atom. The number of benzene rings is 2. The van der Waals surface area contributed by atoms with Crippen LogP contribution in [0, 0.1) is 0 Å². The highest BCUT2D eigenvalue weighted by atomic mass is 16.5. The van der Waals surface area contributed by atoms with Crippen LogP contribution in [0.3, 0.4) is 0 Å². The molecule has 0 spiro atoms. The Balaban J connectivity index is 1.30. The zero-order chi connectivity index (χ0) is 22.3. The Hall–Kier alpha value is -3.39. The van der Waals surface area contributed by atoms with E-state index in [2.05, 4.69) is 32.3 Å². The van der Waals surface area contributed by atoms with E-state index in [9.17, 15) is 4.79 Å². The van der Waals surface area contributed by atoms with Crippen LogP contribution in [0.2, 0.25) is 0 Å². The molecular formula is C24H29N5O3. The maximum Gasteiger partial charge on any atom is 0.227 e. The monoisotopic (exact) mass is 435 g/mol. The van der Waals surface area contributed by atoms with Gasteiger partial charge in [-0.1, -0.05) is 37.3 Å². The minimum absolute atomic E-state index is 0.0825. The number of aromatic amines is 1. The van der Waals surface area contributed by atoms with E-state index in [0.717, 1.165) is 48.7 Å². The molecule has 168 valence electrons. The van der Waals surface area contributed by atoms with Gasteiger partial charge in [-0.2, -0.15) is 5.10 Å². The predicted molar refractivity (Wildman–Crippen MR) is 122 cm³/mol. The van der Waals surface area contributed by atoms with Crippen LogP contribution in [-0.2, 0) is 17.8 Å². The van der Waals surface area contributed by atoms with Crippen molar-refractivity contribution in [2.75, 3.05) is 26.7 Å². The second-order valence-electron chi connectivity index (χ2n) is 7.86. The number of methoxy groups -OCH3 is 1. The molecule has 0 fully saturated rings. The van der Waals surface area contributed by atoms with Gasteiger partial charge in [0.25, 0.3) is 0 Å². The number of H-pyrrole nitrogens is 1. The summed E-state index contributed by atoms with van der Waals surface area (Å²) in [5.74, 6) is 2.79. The van der Waals surface area contributed by atoms with Crippen LogP contribution in [0.15, 0.2) is 48.5 Å².